The Kier molecular flexibility index (Phi) is 12.2. The van der Waals surface area contributed by atoms with Crippen LogP contribution in [-0.2, 0) is 4.79 Å². The first-order valence-electron chi connectivity index (χ1n) is 15.4. The number of nitrogens with zero attached hydrogens (tertiary/aromatic N) is 1. The lowest BCUT2D eigenvalue weighted by Gasteiger charge is -2.25. The smallest absolute Gasteiger partial charge is 0.272 e. The van der Waals surface area contributed by atoms with Gasteiger partial charge in [-0.1, -0.05) is 0 Å². The van der Waals surface area contributed by atoms with Crippen molar-refractivity contribution in [1.29, 1.82) is 0 Å². The first-order valence-corrected chi connectivity index (χ1v) is 16.4. The highest BCUT2D eigenvalue weighted by Crippen LogP contribution is 2.26. The zero-order valence-electron chi connectivity index (χ0n) is 27.5. The summed E-state index contributed by atoms with van der Waals surface area (Å²) >= 11 is 11.9. The van der Waals surface area contributed by atoms with Crippen LogP contribution in [0.15, 0.2) is 36.8 Å². The van der Waals surface area contributed by atoms with Crippen LogP contribution in [0.5, 0.6) is 0 Å². The van der Waals surface area contributed by atoms with E-state index in [0.29, 0.717) is 64.2 Å². The van der Waals surface area contributed by atoms with Crippen LogP contribution in [0.25, 0.3) is 0 Å². The maximum absolute atomic E-state index is 13.2. The molecule has 0 fully saturated rings. The van der Waals surface area contributed by atoms with Gasteiger partial charge in [-0.25, -0.2) is 0 Å². The number of nitrogens with one attached hydrogen (secondary N) is 7. The van der Waals surface area contributed by atoms with E-state index in [0.717, 1.165) is 11.3 Å². The van der Waals surface area contributed by atoms with Crippen molar-refractivity contribution in [2.24, 2.45) is 5.73 Å². The second-order valence-corrected chi connectivity index (χ2v) is 12.1. The molecule has 14 nitrogen and oxygen atoms in total. The second kappa shape index (κ2) is 16.3. The molecule has 1 aromatic carbocycles. The number of alkyl halides is 2. The predicted octanol–water partition coefficient (Wildman–Crippen LogP) is 4.55. The first-order chi connectivity index (χ1) is 23.4. The number of rotatable bonds is 15. The molecule has 5 amide bonds. The normalized spacial score (nSPS) is 10.8. The second-order valence-electron chi connectivity index (χ2n) is 11.3. The average molecular weight is 713 g/mol. The van der Waals surface area contributed by atoms with E-state index in [1.807, 2.05) is 13.0 Å². The van der Waals surface area contributed by atoms with E-state index >= 15 is 0 Å². The van der Waals surface area contributed by atoms with E-state index in [4.69, 9.17) is 28.9 Å². The average Bonchev–Trinajstić information content (AvgIpc) is 3.73. The summed E-state index contributed by atoms with van der Waals surface area (Å²) in [6, 6.07) is 5.39. The Balaban J connectivity index is 1.39. The van der Waals surface area contributed by atoms with Crippen LogP contribution in [0.1, 0.15) is 70.5 Å². The van der Waals surface area contributed by atoms with Crippen LogP contribution >= 0.6 is 23.2 Å². The molecule has 3 heterocycles. The lowest BCUT2D eigenvalue weighted by molar-refractivity contribution is -0.117. The van der Waals surface area contributed by atoms with E-state index in [1.54, 1.807) is 39.1 Å². The molecule has 4 aromatic rings. The molecule has 16 heteroatoms. The molecule has 4 rings (SSSR count). The van der Waals surface area contributed by atoms with Gasteiger partial charge in [0, 0.05) is 84.3 Å². The third-order valence-corrected chi connectivity index (χ3v) is 8.35. The topological polar surface area (TPSA) is 210 Å². The van der Waals surface area contributed by atoms with Gasteiger partial charge in [0.05, 0.1) is 17.1 Å². The minimum atomic E-state index is -0.534. The van der Waals surface area contributed by atoms with Crippen LogP contribution in [-0.4, -0.2) is 75.9 Å². The highest BCUT2D eigenvalue weighted by molar-refractivity contribution is 6.18. The molecular weight excluding hydrogens is 673 g/mol. The van der Waals surface area contributed by atoms with Crippen LogP contribution in [0, 0.1) is 27.7 Å². The van der Waals surface area contributed by atoms with Gasteiger partial charge in [-0.05, 0) is 51.5 Å². The number of nitrogens with two attached hydrogens (primary N) is 1. The number of amides is 5. The minimum absolute atomic E-state index is 0.00174. The molecule has 0 radical (unpaired) electrons. The van der Waals surface area contributed by atoms with Crippen molar-refractivity contribution in [2.45, 2.75) is 34.1 Å². The lowest BCUT2D eigenvalue weighted by atomic mass is 10.1. The van der Waals surface area contributed by atoms with Crippen LogP contribution in [0.4, 0.5) is 22.7 Å². The van der Waals surface area contributed by atoms with Crippen molar-refractivity contribution in [1.82, 2.24) is 20.3 Å². The molecule has 3 aromatic heterocycles. The number of carbonyl (C=O) groups is 5. The molecule has 0 spiro atoms. The third kappa shape index (κ3) is 8.64. The van der Waals surface area contributed by atoms with Gasteiger partial charge >= 0.3 is 0 Å². The zero-order valence-corrected chi connectivity index (χ0v) is 29.0. The van der Waals surface area contributed by atoms with E-state index in [-0.39, 0.29) is 36.0 Å². The largest absolute Gasteiger partial charge is 0.370 e. The summed E-state index contributed by atoms with van der Waals surface area (Å²) in [6.45, 7) is 8.30. The number of halogens is 2. The predicted molar refractivity (Wildman–Crippen MR) is 191 cm³/mol. The number of aromatic nitrogens is 3. The molecule has 49 heavy (non-hydrogen) atoms. The van der Waals surface area contributed by atoms with E-state index in [1.165, 1.54) is 12.4 Å². The summed E-state index contributed by atoms with van der Waals surface area (Å²) in [5.74, 6) is -1.39. The first kappa shape index (κ1) is 36.6. The zero-order chi connectivity index (χ0) is 35.8. The number of aryl methyl sites for hydroxylation is 1. The fourth-order valence-electron chi connectivity index (χ4n) is 5.24. The fraction of sp³-hybridized carbons (Fsp3) is 0.303. The Morgan fingerprint density at radius 2 is 1.14 bits per heavy atom. The minimum Gasteiger partial charge on any atom is -0.370 e. The monoisotopic (exact) mass is 711 g/mol. The highest BCUT2D eigenvalue weighted by Gasteiger charge is 2.22. The molecule has 0 aliphatic heterocycles. The number of benzene rings is 1. The summed E-state index contributed by atoms with van der Waals surface area (Å²) in [7, 11) is 0. The maximum Gasteiger partial charge on any atom is 0.272 e. The van der Waals surface area contributed by atoms with Gasteiger partial charge in [0.25, 0.3) is 23.6 Å². The Hall–Kier alpha value is -5.21. The van der Waals surface area contributed by atoms with Crippen LogP contribution in [0.2, 0.25) is 0 Å². The SMILES string of the molecule is Cc1cc(C(=O)Nc2c[nH]c(C(=O)Nc3c[nH]c(C(=O)Nc4c[nH]c(C(=O)NCCC(N)=O)c4C)c3C)c2C)ccc1N(CCCl)CCCl. The number of primary amides is 1. The fourth-order valence-corrected chi connectivity index (χ4v) is 5.65. The molecule has 0 aliphatic rings. The number of anilines is 4. The number of H-pyrrole nitrogens is 3. The molecule has 0 atom stereocenters. The van der Waals surface area contributed by atoms with Crippen molar-refractivity contribution < 1.29 is 24.0 Å². The molecule has 0 bridgehead atoms. The van der Waals surface area contributed by atoms with Gasteiger partial charge in [0.1, 0.15) is 17.1 Å². The lowest BCUT2D eigenvalue weighted by Crippen LogP contribution is -2.28. The molecule has 260 valence electrons. The number of carbonyl (C=O) groups excluding carboxylic acids is 5. The van der Waals surface area contributed by atoms with Gasteiger partial charge in [-0.2, -0.15) is 0 Å². The van der Waals surface area contributed by atoms with Crippen LogP contribution in [0.3, 0.4) is 0 Å². The number of hydrogen-bond acceptors (Lipinski definition) is 6. The maximum atomic E-state index is 13.2. The summed E-state index contributed by atoms with van der Waals surface area (Å²) in [6.07, 6.45) is 4.53. The van der Waals surface area contributed by atoms with Gasteiger partial charge in [-0.15, -0.1) is 23.2 Å². The van der Waals surface area contributed by atoms with Gasteiger partial charge in [0.15, 0.2) is 0 Å². The quantitative estimate of drug-likeness (QED) is 0.0829. The van der Waals surface area contributed by atoms with Gasteiger partial charge in [0.2, 0.25) is 5.91 Å². The van der Waals surface area contributed by atoms with E-state index in [9.17, 15) is 24.0 Å². The van der Waals surface area contributed by atoms with E-state index < -0.39 is 23.6 Å². The third-order valence-electron chi connectivity index (χ3n) is 8.01. The van der Waals surface area contributed by atoms with Crippen molar-refractivity contribution >= 4 is 75.5 Å². The molecular formula is C33H39Cl2N9O5. The van der Waals surface area contributed by atoms with Crippen molar-refractivity contribution in [3.8, 4) is 0 Å². The van der Waals surface area contributed by atoms with Gasteiger partial charge in [-0.3, -0.25) is 24.0 Å². The molecule has 0 saturated carbocycles. The summed E-state index contributed by atoms with van der Waals surface area (Å²) < 4.78 is 0. The standard InChI is InChI=1S/C33H39Cl2N9O5/c1-17-13-21(5-6-25(17)44(11-8-34)12-9-35)30(46)41-22-14-39-28(19(22)3)32(48)43-24-16-40-29(20(24)4)33(49)42-23-15-38-27(18(23)2)31(47)37-10-7-26(36)45/h5-6,13-16,38-40H,7-12H2,1-4H3,(H2,36,45)(H,37,47)(H,41,46)(H,42,49)(H,43,48). The molecule has 0 aliphatic carbocycles. The Labute approximate surface area is 292 Å². The Morgan fingerprint density at radius 1 is 0.694 bits per heavy atom. The molecule has 0 saturated heterocycles. The molecule has 0 unspecified atom stereocenters. The molecule has 9 N–H and O–H groups in total. The number of hydrogen-bond donors (Lipinski definition) is 8. The highest BCUT2D eigenvalue weighted by atomic mass is 35.5. The van der Waals surface area contributed by atoms with Crippen molar-refractivity contribution in [2.75, 3.05) is 52.2 Å². The van der Waals surface area contributed by atoms with Gasteiger partial charge < -0.3 is 46.9 Å². The summed E-state index contributed by atoms with van der Waals surface area (Å²) in [4.78, 5) is 73.5. The van der Waals surface area contributed by atoms with Crippen molar-refractivity contribution in [3.05, 3.63) is 81.7 Å². The summed E-state index contributed by atoms with van der Waals surface area (Å²) in [5.41, 5.74) is 10.8. The van der Waals surface area contributed by atoms with Crippen molar-refractivity contribution in [3.63, 3.8) is 0 Å². The van der Waals surface area contributed by atoms with E-state index in [2.05, 4.69) is 41.1 Å². The number of aromatic amines is 3. The summed E-state index contributed by atoms with van der Waals surface area (Å²) in [5, 5.41) is 11.0. The Bertz CT molecular complexity index is 1870. The Morgan fingerprint density at radius 3 is 1.57 bits per heavy atom. The van der Waals surface area contributed by atoms with Crippen LogP contribution < -0.4 is 31.9 Å².